The number of rotatable bonds is 5. The van der Waals surface area contributed by atoms with Gasteiger partial charge in [0.1, 0.15) is 6.04 Å². The van der Waals surface area contributed by atoms with Crippen molar-refractivity contribution in [2.45, 2.75) is 70.1 Å². The predicted octanol–water partition coefficient (Wildman–Crippen LogP) is 5.41. The first kappa shape index (κ1) is 35.5. The molecule has 4 saturated heterocycles. The summed E-state index contributed by atoms with van der Waals surface area (Å²) >= 11 is 6.33. The summed E-state index contributed by atoms with van der Waals surface area (Å²) in [6.07, 6.45) is 5.27. The Kier molecular flexibility index (Phi) is 8.89. The predicted molar refractivity (Wildman–Crippen MR) is 206 cm³/mol. The van der Waals surface area contributed by atoms with Crippen LogP contribution in [0.5, 0.6) is 0 Å². The molecular weight excluding hydrogens is 718 g/mol. The minimum Gasteiger partial charge on any atom is -0.371 e. The molecule has 0 bridgehead atoms. The number of nitrogens with one attached hydrogen (secondary N) is 1. The highest BCUT2D eigenvalue weighted by Gasteiger charge is 2.46. The molecule has 9 rings (SSSR count). The third-order valence-corrected chi connectivity index (χ3v) is 13.2. The molecule has 55 heavy (non-hydrogen) atoms. The Bertz CT molecular complexity index is 2120. The summed E-state index contributed by atoms with van der Waals surface area (Å²) in [6, 6.07) is 16.7. The average Bonchev–Trinajstić information content (AvgIpc) is 3.88. The van der Waals surface area contributed by atoms with Crippen LogP contribution < -0.4 is 15.1 Å². The van der Waals surface area contributed by atoms with Crippen LogP contribution in [-0.4, -0.2) is 95.6 Å². The van der Waals surface area contributed by atoms with E-state index in [9.17, 15) is 24.0 Å². The Morgan fingerprint density at radius 3 is 2.00 bits per heavy atom. The highest BCUT2D eigenvalue weighted by molar-refractivity contribution is 6.33. The largest absolute Gasteiger partial charge is 0.371 e. The molecule has 1 spiro atoms. The highest BCUT2D eigenvalue weighted by atomic mass is 35.5. The lowest BCUT2D eigenvalue weighted by Gasteiger charge is -2.40. The molecule has 0 radical (unpaired) electrons. The topological polar surface area (TPSA) is 118 Å². The summed E-state index contributed by atoms with van der Waals surface area (Å²) in [4.78, 5) is 78.0. The van der Waals surface area contributed by atoms with E-state index in [1.165, 1.54) is 0 Å². The molecule has 1 N–H and O–H groups in total. The SMILES string of the molecule is [C-]#[N+]c1ccc(N2CCC3(CCN(c4ccc(C(=O)N5CCC(N6Cc7cc8c(cc7C6)C(=O)N(C6CCC(=O)NC6=O)C8=O)CC5)cc4)CC3)C2)cc1Cl. The van der Waals surface area contributed by atoms with E-state index < -0.39 is 29.7 Å². The first-order valence-electron chi connectivity index (χ1n) is 19.3. The third kappa shape index (κ3) is 6.33. The van der Waals surface area contributed by atoms with Gasteiger partial charge in [-0.05, 0) is 104 Å². The van der Waals surface area contributed by atoms with E-state index in [-0.39, 0.29) is 30.2 Å². The third-order valence-electron chi connectivity index (χ3n) is 12.9. The van der Waals surface area contributed by atoms with Gasteiger partial charge in [0.05, 0.1) is 17.7 Å². The quantitative estimate of drug-likeness (QED) is 0.271. The van der Waals surface area contributed by atoms with E-state index in [2.05, 4.69) is 37.0 Å². The standard InChI is InChI=1S/C42H42ClN7O5/c1-44-35-7-6-31(22-34(35)43)48-19-14-42(25-48)12-17-46(18-13-42)29-4-2-26(3-5-29)39(53)47-15-10-30(11-16-47)49-23-27-20-32-33(21-28(27)24-49)41(55)50(40(32)54)36-8-9-37(51)45-38(36)52/h2-7,20-22,30,36H,8-19,23-25H2,(H,45,51,52). The van der Waals surface area contributed by atoms with Crippen molar-refractivity contribution in [3.8, 4) is 0 Å². The number of likely N-dealkylation sites (tertiary alicyclic amines) is 1. The summed E-state index contributed by atoms with van der Waals surface area (Å²) in [6.45, 7) is 13.8. The van der Waals surface area contributed by atoms with Gasteiger partial charge in [-0.1, -0.05) is 17.7 Å². The maximum absolute atomic E-state index is 13.6. The highest BCUT2D eigenvalue weighted by Crippen LogP contribution is 2.44. The van der Waals surface area contributed by atoms with Crippen molar-refractivity contribution < 1.29 is 24.0 Å². The number of hydrogen-bond donors (Lipinski definition) is 1. The summed E-state index contributed by atoms with van der Waals surface area (Å²) in [5.74, 6) is -1.91. The normalized spacial score (nSPS) is 22.7. The number of imide groups is 2. The first-order chi connectivity index (χ1) is 26.6. The van der Waals surface area contributed by atoms with E-state index >= 15 is 0 Å². The molecule has 5 amide bonds. The maximum atomic E-state index is 13.6. The summed E-state index contributed by atoms with van der Waals surface area (Å²) in [7, 11) is 0. The van der Waals surface area contributed by atoms with Gasteiger partial charge in [-0.2, -0.15) is 0 Å². The molecule has 3 aromatic rings. The van der Waals surface area contributed by atoms with Gasteiger partial charge in [-0.25, -0.2) is 4.85 Å². The molecule has 0 aromatic heterocycles. The molecule has 12 nitrogen and oxygen atoms in total. The van der Waals surface area contributed by atoms with E-state index in [1.54, 1.807) is 12.1 Å². The fourth-order valence-corrected chi connectivity index (χ4v) is 9.89. The van der Waals surface area contributed by atoms with Gasteiger partial charge < -0.3 is 14.7 Å². The van der Waals surface area contributed by atoms with Crippen LogP contribution in [0.1, 0.15) is 87.1 Å². The molecule has 6 heterocycles. The summed E-state index contributed by atoms with van der Waals surface area (Å²) in [5, 5.41) is 2.76. The van der Waals surface area contributed by atoms with Crippen molar-refractivity contribution in [1.82, 2.24) is 20.0 Å². The van der Waals surface area contributed by atoms with Crippen molar-refractivity contribution in [2.75, 3.05) is 49.1 Å². The van der Waals surface area contributed by atoms with E-state index in [4.69, 9.17) is 18.2 Å². The van der Waals surface area contributed by atoms with Gasteiger partial charge in [-0.15, -0.1) is 0 Å². The van der Waals surface area contributed by atoms with Gasteiger partial charge in [0.25, 0.3) is 17.7 Å². The lowest BCUT2D eigenvalue weighted by atomic mass is 9.77. The fraction of sp³-hybridized carbons (Fsp3) is 0.429. The number of carbonyl (C=O) groups excluding carboxylic acids is 5. The monoisotopic (exact) mass is 759 g/mol. The second kappa shape index (κ2) is 13.8. The Labute approximate surface area is 324 Å². The smallest absolute Gasteiger partial charge is 0.262 e. The number of amides is 5. The number of anilines is 2. The average molecular weight is 760 g/mol. The minimum atomic E-state index is -0.973. The van der Waals surface area contributed by atoms with Crippen LogP contribution in [0.3, 0.4) is 0 Å². The number of fused-ring (bicyclic) bond motifs is 2. The van der Waals surface area contributed by atoms with Crippen LogP contribution in [0.25, 0.3) is 4.85 Å². The molecule has 6 aliphatic heterocycles. The number of piperidine rings is 3. The zero-order chi connectivity index (χ0) is 38.0. The zero-order valence-electron chi connectivity index (χ0n) is 30.6. The zero-order valence-corrected chi connectivity index (χ0v) is 31.3. The number of halogens is 1. The molecule has 282 valence electrons. The summed E-state index contributed by atoms with van der Waals surface area (Å²) in [5.41, 5.74) is 6.36. The van der Waals surface area contributed by atoms with Gasteiger partial charge >= 0.3 is 0 Å². The fourth-order valence-electron chi connectivity index (χ4n) is 9.67. The molecule has 1 unspecified atom stereocenters. The maximum Gasteiger partial charge on any atom is 0.262 e. The van der Waals surface area contributed by atoms with Crippen LogP contribution in [0.4, 0.5) is 17.1 Å². The number of hydrogen-bond acceptors (Lipinski definition) is 8. The molecule has 6 aliphatic rings. The number of nitrogens with zero attached hydrogens (tertiary/aromatic N) is 6. The molecule has 13 heteroatoms. The van der Waals surface area contributed by atoms with E-state index in [1.807, 2.05) is 35.2 Å². The van der Waals surface area contributed by atoms with Crippen LogP contribution in [0.15, 0.2) is 54.6 Å². The van der Waals surface area contributed by atoms with Crippen molar-refractivity contribution in [1.29, 1.82) is 0 Å². The van der Waals surface area contributed by atoms with Crippen LogP contribution in [0, 0.1) is 12.0 Å². The van der Waals surface area contributed by atoms with E-state index in [0.717, 1.165) is 85.7 Å². The second-order valence-corrected chi connectivity index (χ2v) is 16.4. The Morgan fingerprint density at radius 2 is 1.40 bits per heavy atom. The molecule has 4 fully saturated rings. The van der Waals surface area contributed by atoms with Crippen molar-refractivity contribution in [3.63, 3.8) is 0 Å². The Hall–Kier alpha value is -5.25. The molecule has 0 aliphatic carbocycles. The van der Waals surface area contributed by atoms with Gasteiger partial charge in [0.15, 0.2) is 0 Å². The van der Waals surface area contributed by atoms with Gasteiger partial charge in [0.2, 0.25) is 17.5 Å². The van der Waals surface area contributed by atoms with Crippen molar-refractivity contribution in [3.05, 3.63) is 98.9 Å². The van der Waals surface area contributed by atoms with Crippen molar-refractivity contribution >= 4 is 58.2 Å². The molecule has 0 saturated carbocycles. The van der Waals surface area contributed by atoms with Crippen LogP contribution >= 0.6 is 11.6 Å². The molecule has 1 atom stereocenters. The molecular formula is C42H42ClN7O5. The Morgan fingerprint density at radius 1 is 0.782 bits per heavy atom. The lowest BCUT2D eigenvalue weighted by Crippen LogP contribution is -2.54. The Balaban J connectivity index is 0.761. The number of benzene rings is 3. The van der Waals surface area contributed by atoms with Gasteiger partial charge in [0, 0.05) is 86.8 Å². The summed E-state index contributed by atoms with van der Waals surface area (Å²) < 4.78 is 0. The first-order valence-corrected chi connectivity index (χ1v) is 19.7. The van der Waals surface area contributed by atoms with Gasteiger partial charge in [-0.3, -0.25) is 39.1 Å². The second-order valence-electron chi connectivity index (χ2n) is 16.0. The van der Waals surface area contributed by atoms with Crippen molar-refractivity contribution in [2.24, 2.45) is 5.41 Å². The minimum absolute atomic E-state index is 0.0527. The lowest BCUT2D eigenvalue weighted by molar-refractivity contribution is -0.136. The molecule has 3 aromatic carbocycles. The van der Waals surface area contributed by atoms with Crippen LogP contribution in [0.2, 0.25) is 5.02 Å². The van der Waals surface area contributed by atoms with Crippen LogP contribution in [-0.2, 0) is 22.7 Å². The van der Waals surface area contributed by atoms with E-state index in [0.29, 0.717) is 53.6 Å². The number of carbonyl (C=O) groups is 5.